The molecule has 0 radical (unpaired) electrons. The van der Waals surface area contributed by atoms with Gasteiger partial charge in [-0.05, 0) is 41.8 Å². The summed E-state index contributed by atoms with van der Waals surface area (Å²) in [5.41, 5.74) is 3.21. The Morgan fingerprint density at radius 2 is 1.73 bits per heavy atom. The first-order valence-corrected chi connectivity index (χ1v) is 10.4. The zero-order valence-electron chi connectivity index (χ0n) is 16.3. The van der Waals surface area contributed by atoms with Gasteiger partial charge >= 0.3 is 0 Å². The van der Waals surface area contributed by atoms with E-state index in [0.717, 1.165) is 10.6 Å². The Balaban J connectivity index is 1.65. The van der Waals surface area contributed by atoms with Crippen LogP contribution in [0.2, 0.25) is 0 Å². The Labute approximate surface area is 178 Å². The average molecular weight is 417 g/mol. The maximum absolute atomic E-state index is 13.1. The summed E-state index contributed by atoms with van der Waals surface area (Å²) in [4.78, 5) is 25.7. The second-order valence-corrected chi connectivity index (χ2v) is 7.53. The SMILES string of the molecule is CCC(=O)Nc1cccc(NC(=O)c2cn(-c3ccccc3)nc2-c2cccs2)c1. The first-order chi connectivity index (χ1) is 14.6. The van der Waals surface area contributed by atoms with Crippen LogP contribution >= 0.6 is 11.3 Å². The molecule has 0 aliphatic rings. The van der Waals surface area contributed by atoms with Crippen molar-refractivity contribution in [3.05, 3.63) is 83.9 Å². The second kappa shape index (κ2) is 8.75. The molecule has 0 fully saturated rings. The molecule has 2 N–H and O–H groups in total. The van der Waals surface area contributed by atoms with Crippen molar-refractivity contribution in [3.63, 3.8) is 0 Å². The molecule has 0 spiro atoms. The predicted molar refractivity (Wildman–Crippen MR) is 120 cm³/mol. The predicted octanol–water partition coefficient (Wildman–Crippen LogP) is 5.20. The smallest absolute Gasteiger partial charge is 0.259 e. The van der Waals surface area contributed by atoms with Gasteiger partial charge in [-0.2, -0.15) is 5.10 Å². The molecule has 150 valence electrons. The van der Waals surface area contributed by atoms with E-state index in [0.29, 0.717) is 29.1 Å². The number of anilines is 2. The third-order valence-corrected chi connectivity index (χ3v) is 5.34. The van der Waals surface area contributed by atoms with Crippen molar-refractivity contribution in [2.24, 2.45) is 0 Å². The molecule has 0 aliphatic heterocycles. The molecule has 30 heavy (non-hydrogen) atoms. The van der Waals surface area contributed by atoms with Crippen LogP contribution in [0.1, 0.15) is 23.7 Å². The highest BCUT2D eigenvalue weighted by Crippen LogP contribution is 2.28. The van der Waals surface area contributed by atoms with E-state index in [1.807, 2.05) is 47.8 Å². The van der Waals surface area contributed by atoms with Crippen molar-refractivity contribution in [1.29, 1.82) is 0 Å². The van der Waals surface area contributed by atoms with E-state index in [1.165, 1.54) is 11.3 Å². The van der Waals surface area contributed by atoms with E-state index in [-0.39, 0.29) is 11.8 Å². The number of hydrogen-bond acceptors (Lipinski definition) is 4. The zero-order chi connectivity index (χ0) is 20.9. The van der Waals surface area contributed by atoms with Crippen LogP contribution in [0.15, 0.2) is 78.3 Å². The van der Waals surface area contributed by atoms with Crippen LogP contribution < -0.4 is 10.6 Å². The number of rotatable bonds is 6. The van der Waals surface area contributed by atoms with Gasteiger partial charge in [-0.1, -0.05) is 37.3 Å². The van der Waals surface area contributed by atoms with Crippen molar-refractivity contribution in [2.75, 3.05) is 10.6 Å². The highest BCUT2D eigenvalue weighted by Gasteiger charge is 2.19. The van der Waals surface area contributed by atoms with Crippen LogP contribution in [-0.2, 0) is 4.79 Å². The molecule has 0 unspecified atom stereocenters. The summed E-state index contributed by atoms with van der Waals surface area (Å²) in [5, 5.41) is 12.3. The van der Waals surface area contributed by atoms with Crippen molar-refractivity contribution in [3.8, 4) is 16.3 Å². The van der Waals surface area contributed by atoms with E-state index in [4.69, 9.17) is 0 Å². The molecule has 0 atom stereocenters. The Hall–Kier alpha value is -3.71. The number of amides is 2. The summed E-state index contributed by atoms with van der Waals surface area (Å²) in [6.07, 6.45) is 2.13. The number of carbonyl (C=O) groups excluding carboxylic acids is 2. The molecule has 4 rings (SSSR count). The van der Waals surface area contributed by atoms with Crippen molar-refractivity contribution in [1.82, 2.24) is 9.78 Å². The maximum Gasteiger partial charge on any atom is 0.259 e. The van der Waals surface area contributed by atoms with E-state index in [1.54, 1.807) is 42.1 Å². The quantitative estimate of drug-likeness (QED) is 0.453. The van der Waals surface area contributed by atoms with Crippen molar-refractivity contribution >= 4 is 34.5 Å². The van der Waals surface area contributed by atoms with Gasteiger partial charge in [-0.15, -0.1) is 11.3 Å². The molecular formula is C23H20N4O2S. The normalized spacial score (nSPS) is 10.6. The van der Waals surface area contributed by atoms with Gasteiger partial charge in [0.25, 0.3) is 5.91 Å². The first-order valence-electron chi connectivity index (χ1n) is 9.54. The number of benzene rings is 2. The topological polar surface area (TPSA) is 76.0 Å². The summed E-state index contributed by atoms with van der Waals surface area (Å²) in [5.74, 6) is -0.345. The van der Waals surface area contributed by atoms with Crippen molar-refractivity contribution < 1.29 is 9.59 Å². The lowest BCUT2D eigenvalue weighted by atomic mass is 10.2. The molecule has 4 aromatic rings. The van der Waals surface area contributed by atoms with Gasteiger partial charge in [-0.25, -0.2) is 4.68 Å². The van der Waals surface area contributed by atoms with Crippen LogP contribution in [0.5, 0.6) is 0 Å². The third kappa shape index (κ3) is 4.31. The number of carbonyl (C=O) groups is 2. The molecule has 2 heterocycles. The minimum atomic E-state index is -0.264. The van der Waals surface area contributed by atoms with Crippen LogP contribution in [-0.4, -0.2) is 21.6 Å². The standard InChI is InChI=1S/C23H20N4O2S/c1-2-21(28)24-16-8-6-9-17(14-16)25-23(29)19-15-27(18-10-4-3-5-11-18)26-22(19)20-12-7-13-30-20/h3-15H,2H2,1H3,(H,24,28)(H,25,29). The minimum absolute atomic E-state index is 0.0809. The Bertz CT molecular complexity index is 1170. The number of hydrogen-bond donors (Lipinski definition) is 2. The number of thiophene rings is 1. The van der Waals surface area contributed by atoms with Gasteiger partial charge in [0.2, 0.25) is 5.91 Å². The fraction of sp³-hybridized carbons (Fsp3) is 0.0870. The molecule has 2 amide bonds. The van der Waals surface area contributed by atoms with Gasteiger partial charge in [0.05, 0.1) is 16.1 Å². The molecule has 7 heteroatoms. The summed E-state index contributed by atoms with van der Waals surface area (Å²) in [6.45, 7) is 1.79. The minimum Gasteiger partial charge on any atom is -0.326 e. The number of nitrogens with zero attached hydrogens (tertiary/aromatic N) is 2. The maximum atomic E-state index is 13.1. The van der Waals surface area contributed by atoms with Gasteiger partial charge < -0.3 is 10.6 Å². The van der Waals surface area contributed by atoms with Crippen LogP contribution in [0.4, 0.5) is 11.4 Å². The largest absolute Gasteiger partial charge is 0.326 e. The zero-order valence-corrected chi connectivity index (χ0v) is 17.1. The molecular weight excluding hydrogens is 396 g/mol. The Morgan fingerprint density at radius 3 is 2.43 bits per heavy atom. The lowest BCUT2D eigenvalue weighted by Gasteiger charge is -2.08. The third-order valence-electron chi connectivity index (χ3n) is 4.46. The van der Waals surface area contributed by atoms with E-state index >= 15 is 0 Å². The van der Waals surface area contributed by atoms with Gasteiger partial charge in [0, 0.05) is 24.0 Å². The number of para-hydroxylation sites is 1. The Morgan fingerprint density at radius 1 is 0.967 bits per heavy atom. The highest BCUT2D eigenvalue weighted by molar-refractivity contribution is 7.13. The van der Waals surface area contributed by atoms with Gasteiger partial charge in [0.15, 0.2) is 0 Å². The second-order valence-electron chi connectivity index (χ2n) is 6.59. The first kappa shape index (κ1) is 19.6. The van der Waals surface area contributed by atoms with Gasteiger partial charge in [-0.3, -0.25) is 9.59 Å². The van der Waals surface area contributed by atoms with E-state index in [9.17, 15) is 9.59 Å². The fourth-order valence-corrected chi connectivity index (χ4v) is 3.69. The number of aromatic nitrogens is 2. The molecule has 6 nitrogen and oxygen atoms in total. The number of nitrogens with one attached hydrogen (secondary N) is 2. The fourth-order valence-electron chi connectivity index (χ4n) is 2.97. The summed E-state index contributed by atoms with van der Waals surface area (Å²) >= 11 is 1.53. The van der Waals surface area contributed by atoms with E-state index in [2.05, 4.69) is 15.7 Å². The Kier molecular flexibility index (Phi) is 5.72. The summed E-state index contributed by atoms with van der Waals surface area (Å²) in [7, 11) is 0. The molecule has 0 saturated carbocycles. The molecule has 2 aromatic carbocycles. The van der Waals surface area contributed by atoms with Crippen LogP contribution in [0, 0.1) is 0 Å². The average Bonchev–Trinajstić information content (AvgIpc) is 3.44. The molecule has 2 aromatic heterocycles. The van der Waals surface area contributed by atoms with Crippen molar-refractivity contribution in [2.45, 2.75) is 13.3 Å². The van der Waals surface area contributed by atoms with Crippen LogP contribution in [0.3, 0.4) is 0 Å². The monoisotopic (exact) mass is 416 g/mol. The molecule has 0 saturated heterocycles. The summed E-state index contributed by atoms with van der Waals surface area (Å²) in [6, 6.07) is 20.6. The lowest BCUT2D eigenvalue weighted by molar-refractivity contribution is -0.115. The highest BCUT2D eigenvalue weighted by atomic mass is 32.1. The van der Waals surface area contributed by atoms with Crippen LogP contribution in [0.25, 0.3) is 16.3 Å². The lowest BCUT2D eigenvalue weighted by Crippen LogP contribution is -2.13. The molecule has 0 aliphatic carbocycles. The van der Waals surface area contributed by atoms with Gasteiger partial charge in [0.1, 0.15) is 5.69 Å². The van der Waals surface area contributed by atoms with E-state index < -0.39 is 0 Å². The summed E-state index contributed by atoms with van der Waals surface area (Å²) < 4.78 is 1.71. The molecule has 0 bridgehead atoms.